The lowest BCUT2D eigenvalue weighted by molar-refractivity contribution is 0.174. The van der Waals surface area contributed by atoms with E-state index in [-0.39, 0.29) is 0 Å². The zero-order valence-electron chi connectivity index (χ0n) is 14.4. The molecule has 0 spiro atoms. The molecule has 0 aliphatic rings. The van der Waals surface area contributed by atoms with Gasteiger partial charge in [0.05, 0.1) is 6.07 Å². The summed E-state index contributed by atoms with van der Waals surface area (Å²) in [7, 11) is 1.87. The topological polar surface area (TPSA) is 42.3 Å². The zero-order valence-corrected chi connectivity index (χ0v) is 14.4. The zero-order chi connectivity index (χ0) is 15.6. The third-order valence-corrected chi connectivity index (χ3v) is 4.35. The van der Waals surface area contributed by atoms with Crippen LogP contribution in [0.25, 0.3) is 0 Å². The monoisotopic (exact) mass is 282 g/mol. The average Bonchev–Trinajstić information content (AvgIpc) is 2.47. The molecule has 0 bridgehead atoms. The van der Waals surface area contributed by atoms with Crippen LogP contribution in [0.4, 0.5) is 0 Å². The van der Waals surface area contributed by atoms with Crippen LogP contribution < -0.4 is 5.32 Å². The highest BCUT2D eigenvalue weighted by molar-refractivity contribution is 5.04. The maximum absolute atomic E-state index is 9.26. The maximum Gasteiger partial charge on any atom is 0.105 e. The van der Waals surface area contributed by atoms with Crippen molar-refractivity contribution in [1.82, 2.24) is 15.1 Å². The Morgan fingerprint density at radius 1 is 1.15 bits per heavy atom. The van der Waals surface area contributed by atoms with Gasteiger partial charge in [0.25, 0.3) is 0 Å². The second kappa shape index (κ2) is 10.1. The number of rotatable bonds is 11. The number of nitrogens with one attached hydrogen (secondary N) is 1. The van der Waals surface area contributed by atoms with Crippen molar-refractivity contribution in [2.24, 2.45) is 0 Å². The van der Waals surface area contributed by atoms with Crippen molar-refractivity contribution in [3.05, 3.63) is 0 Å². The van der Waals surface area contributed by atoms with E-state index < -0.39 is 5.54 Å². The Morgan fingerprint density at radius 2 is 1.75 bits per heavy atom. The molecule has 0 fully saturated rings. The first-order valence-electron chi connectivity index (χ1n) is 8.02. The van der Waals surface area contributed by atoms with E-state index in [0.29, 0.717) is 6.04 Å². The lowest BCUT2D eigenvalue weighted by Gasteiger charge is -2.33. The van der Waals surface area contributed by atoms with E-state index >= 15 is 0 Å². The molecule has 0 rings (SSSR count). The number of hydrogen-bond donors (Lipinski definition) is 1. The van der Waals surface area contributed by atoms with Gasteiger partial charge in [0.15, 0.2) is 0 Å². The fraction of sp³-hybridized carbons (Fsp3) is 0.938. The number of hydrogen-bond acceptors (Lipinski definition) is 4. The summed E-state index contributed by atoms with van der Waals surface area (Å²) in [6.07, 6.45) is 2.06. The van der Waals surface area contributed by atoms with Gasteiger partial charge in [0.1, 0.15) is 5.54 Å². The first-order chi connectivity index (χ1) is 9.46. The van der Waals surface area contributed by atoms with E-state index in [4.69, 9.17) is 0 Å². The van der Waals surface area contributed by atoms with E-state index in [9.17, 15) is 5.26 Å². The van der Waals surface area contributed by atoms with E-state index in [2.05, 4.69) is 48.9 Å². The quantitative estimate of drug-likeness (QED) is 0.631. The van der Waals surface area contributed by atoms with Gasteiger partial charge in [-0.2, -0.15) is 5.26 Å². The summed E-state index contributed by atoms with van der Waals surface area (Å²) in [5.41, 5.74) is -0.425. The second-order valence-electron chi connectivity index (χ2n) is 5.76. The van der Waals surface area contributed by atoms with Crippen molar-refractivity contribution in [2.75, 3.05) is 39.8 Å². The first-order valence-corrected chi connectivity index (χ1v) is 8.02. The average molecular weight is 282 g/mol. The molecule has 0 aromatic rings. The first kappa shape index (κ1) is 19.4. The third kappa shape index (κ3) is 6.69. The van der Waals surface area contributed by atoms with Crippen LogP contribution in [0, 0.1) is 11.3 Å². The highest BCUT2D eigenvalue weighted by atomic mass is 15.2. The largest absolute Gasteiger partial charge is 0.304 e. The Labute approximate surface area is 126 Å². The van der Waals surface area contributed by atoms with Crippen molar-refractivity contribution in [1.29, 1.82) is 5.26 Å². The predicted octanol–water partition coefficient (Wildman–Crippen LogP) is 2.32. The molecule has 0 aliphatic heterocycles. The Morgan fingerprint density at radius 3 is 2.15 bits per heavy atom. The van der Waals surface area contributed by atoms with E-state index in [1.165, 1.54) is 6.42 Å². The van der Waals surface area contributed by atoms with Gasteiger partial charge in [-0.1, -0.05) is 20.8 Å². The molecule has 0 amide bonds. The van der Waals surface area contributed by atoms with Crippen LogP contribution in [-0.4, -0.2) is 61.2 Å². The SMILES string of the molecule is CCN(CC)CCCN(CC)C(C)CC(C)(C#N)NC. The van der Waals surface area contributed by atoms with Gasteiger partial charge >= 0.3 is 0 Å². The molecule has 0 aromatic heterocycles. The van der Waals surface area contributed by atoms with Gasteiger partial charge in [-0.15, -0.1) is 0 Å². The lowest BCUT2D eigenvalue weighted by atomic mass is 9.94. The molecule has 0 saturated heterocycles. The summed E-state index contributed by atoms with van der Waals surface area (Å²) >= 11 is 0. The normalized spacial score (nSPS) is 16.1. The summed E-state index contributed by atoms with van der Waals surface area (Å²) < 4.78 is 0. The van der Waals surface area contributed by atoms with Gasteiger partial charge < -0.3 is 15.1 Å². The molecule has 4 heteroatoms. The molecular weight excluding hydrogens is 248 g/mol. The molecule has 0 saturated carbocycles. The van der Waals surface area contributed by atoms with Crippen molar-refractivity contribution >= 4 is 0 Å². The van der Waals surface area contributed by atoms with Crippen molar-refractivity contribution in [2.45, 2.75) is 59.0 Å². The highest BCUT2D eigenvalue weighted by Crippen LogP contribution is 2.15. The molecular formula is C16H34N4. The Kier molecular flexibility index (Phi) is 9.83. The van der Waals surface area contributed by atoms with Crippen LogP contribution in [0.1, 0.15) is 47.5 Å². The van der Waals surface area contributed by atoms with Crippen LogP contribution in [0.15, 0.2) is 0 Å². The van der Waals surface area contributed by atoms with Crippen LogP contribution >= 0.6 is 0 Å². The standard InChI is InChI=1S/C16H34N4/c1-7-19(8-2)11-10-12-20(9-3)15(4)13-16(5,14-17)18-6/h15,18H,7-13H2,1-6H3. The summed E-state index contributed by atoms with van der Waals surface area (Å²) in [6.45, 7) is 16.4. The minimum atomic E-state index is -0.425. The van der Waals surface area contributed by atoms with Gasteiger partial charge in [-0.25, -0.2) is 0 Å². The van der Waals surface area contributed by atoms with E-state index in [0.717, 1.165) is 39.1 Å². The van der Waals surface area contributed by atoms with Crippen molar-refractivity contribution < 1.29 is 0 Å². The Balaban J connectivity index is 4.28. The molecule has 0 radical (unpaired) electrons. The molecule has 4 nitrogen and oxygen atoms in total. The summed E-state index contributed by atoms with van der Waals surface area (Å²) in [6, 6.07) is 2.81. The minimum Gasteiger partial charge on any atom is -0.304 e. The molecule has 0 heterocycles. The molecule has 0 aliphatic carbocycles. The van der Waals surface area contributed by atoms with Crippen LogP contribution in [0.2, 0.25) is 0 Å². The number of nitrogens with zero attached hydrogens (tertiary/aromatic N) is 3. The summed E-state index contributed by atoms with van der Waals surface area (Å²) in [4.78, 5) is 4.95. The number of nitriles is 1. The minimum absolute atomic E-state index is 0.425. The summed E-state index contributed by atoms with van der Waals surface area (Å²) in [5, 5.41) is 12.4. The van der Waals surface area contributed by atoms with Gasteiger partial charge in [-0.05, 0) is 66.5 Å². The van der Waals surface area contributed by atoms with Crippen molar-refractivity contribution in [3.8, 4) is 6.07 Å². The molecule has 1 N–H and O–H groups in total. The van der Waals surface area contributed by atoms with Crippen LogP contribution in [0.5, 0.6) is 0 Å². The van der Waals surface area contributed by atoms with E-state index in [1.54, 1.807) is 0 Å². The fourth-order valence-corrected chi connectivity index (χ4v) is 2.65. The van der Waals surface area contributed by atoms with Crippen molar-refractivity contribution in [3.63, 3.8) is 0 Å². The lowest BCUT2D eigenvalue weighted by Crippen LogP contribution is -2.46. The van der Waals surface area contributed by atoms with Gasteiger partial charge in [0, 0.05) is 6.04 Å². The second-order valence-corrected chi connectivity index (χ2v) is 5.76. The van der Waals surface area contributed by atoms with E-state index in [1.807, 2.05) is 14.0 Å². The van der Waals surface area contributed by atoms with Gasteiger partial charge in [0.2, 0.25) is 0 Å². The molecule has 0 aromatic carbocycles. The molecule has 118 valence electrons. The maximum atomic E-state index is 9.26. The Bertz CT molecular complexity index is 283. The molecule has 2 unspecified atom stereocenters. The smallest absolute Gasteiger partial charge is 0.105 e. The third-order valence-electron chi connectivity index (χ3n) is 4.35. The Hall–Kier alpha value is -0.630. The molecule has 20 heavy (non-hydrogen) atoms. The fourth-order valence-electron chi connectivity index (χ4n) is 2.65. The molecule has 2 atom stereocenters. The van der Waals surface area contributed by atoms with Crippen LogP contribution in [-0.2, 0) is 0 Å². The predicted molar refractivity (Wildman–Crippen MR) is 86.8 cm³/mol. The highest BCUT2D eigenvalue weighted by Gasteiger charge is 2.26. The van der Waals surface area contributed by atoms with Gasteiger partial charge in [-0.3, -0.25) is 0 Å². The summed E-state index contributed by atoms with van der Waals surface area (Å²) in [5.74, 6) is 0. The van der Waals surface area contributed by atoms with Crippen LogP contribution in [0.3, 0.4) is 0 Å².